The Morgan fingerprint density at radius 1 is 1.03 bits per heavy atom. The SMILES string of the molecule is COc1cccc(NC(=O)C(NC2CCN(C(=O)c3ccco3)CC2)c2ccccc2)c1. The number of likely N-dealkylation sites (tertiary alicyclic amines) is 1. The Kier molecular flexibility index (Phi) is 6.87. The molecule has 3 aromatic rings. The fourth-order valence-corrected chi connectivity index (χ4v) is 3.93. The van der Waals surface area contributed by atoms with E-state index in [1.807, 2.05) is 48.5 Å². The summed E-state index contributed by atoms with van der Waals surface area (Å²) in [5, 5.41) is 6.50. The summed E-state index contributed by atoms with van der Waals surface area (Å²) in [5.74, 6) is 0.805. The Balaban J connectivity index is 1.42. The molecule has 0 saturated carbocycles. The number of nitrogens with one attached hydrogen (secondary N) is 2. The highest BCUT2D eigenvalue weighted by atomic mass is 16.5. The number of carbonyl (C=O) groups is 2. The molecule has 0 radical (unpaired) electrons. The molecule has 1 aliphatic rings. The van der Waals surface area contributed by atoms with Crippen molar-refractivity contribution in [1.29, 1.82) is 0 Å². The molecule has 7 nitrogen and oxygen atoms in total. The van der Waals surface area contributed by atoms with E-state index in [0.717, 1.165) is 18.4 Å². The molecule has 0 aliphatic carbocycles. The highest BCUT2D eigenvalue weighted by molar-refractivity contribution is 5.95. The number of benzene rings is 2. The summed E-state index contributed by atoms with van der Waals surface area (Å²) < 4.78 is 10.5. The second-order valence-electron chi connectivity index (χ2n) is 7.78. The van der Waals surface area contributed by atoms with E-state index in [2.05, 4.69) is 10.6 Å². The normalized spacial score (nSPS) is 15.2. The molecule has 4 rings (SSSR count). The first-order chi connectivity index (χ1) is 15.6. The molecule has 32 heavy (non-hydrogen) atoms. The van der Waals surface area contributed by atoms with Gasteiger partial charge in [0.05, 0.1) is 13.4 Å². The Morgan fingerprint density at radius 2 is 1.81 bits per heavy atom. The number of rotatable bonds is 7. The average molecular weight is 434 g/mol. The molecule has 1 aromatic heterocycles. The zero-order valence-corrected chi connectivity index (χ0v) is 18.0. The molecule has 2 heterocycles. The van der Waals surface area contributed by atoms with Crippen molar-refractivity contribution in [3.63, 3.8) is 0 Å². The van der Waals surface area contributed by atoms with Gasteiger partial charge in [0.2, 0.25) is 5.91 Å². The summed E-state index contributed by atoms with van der Waals surface area (Å²) in [6.45, 7) is 1.21. The van der Waals surface area contributed by atoms with Crippen LogP contribution in [0.15, 0.2) is 77.4 Å². The molecular weight excluding hydrogens is 406 g/mol. The van der Waals surface area contributed by atoms with Gasteiger partial charge in [-0.05, 0) is 42.7 Å². The number of amides is 2. The quantitative estimate of drug-likeness (QED) is 0.591. The standard InChI is InChI=1S/C25H27N3O4/c1-31-21-10-5-9-20(17-21)27-24(29)23(18-7-3-2-4-8-18)26-19-12-14-28(15-13-19)25(30)22-11-6-16-32-22/h2-11,16-17,19,23,26H,12-15H2,1H3,(H,27,29). The summed E-state index contributed by atoms with van der Waals surface area (Å²) in [6, 6.07) is 20.0. The van der Waals surface area contributed by atoms with E-state index in [-0.39, 0.29) is 17.9 Å². The number of ether oxygens (including phenoxy) is 1. The van der Waals surface area contributed by atoms with Crippen LogP contribution in [0, 0.1) is 0 Å². The van der Waals surface area contributed by atoms with Crippen LogP contribution in [0.3, 0.4) is 0 Å². The van der Waals surface area contributed by atoms with Crippen LogP contribution in [-0.4, -0.2) is 43.0 Å². The zero-order chi connectivity index (χ0) is 22.3. The third-order valence-corrected chi connectivity index (χ3v) is 5.65. The van der Waals surface area contributed by atoms with Gasteiger partial charge in [-0.3, -0.25) is 14.9 Å². The second-order valence-corrected chi connectivity index (χ2v) is 7.78. The number of methoxy groups -OCH3 is 1. The minimum Gasteiger partial charge on any atom is -0.497 e. The van der Waals surface area contributed by atoms with E-state index in [0.29, 0.717) is 30.3 Å². The molecule has 7 heteroatoms. The van der Waals surface area contributed by atoms with E-state index in [1.165, 1.54) is 6.26 Å². The molecular formula is C25H27N3O4. The fraction of sp³-hybridized carbons (Fsp3) is 0.280. The van der Waals surface area contributed by atoms with Gasteiger partial charge < -0.3 is 19.4 Å². The predicted octanol–water partition coefficient (Wildman–Crippen LogP) is 3.86. The Morgan fingerprint density at radius 3 is 2.50 bits per heavy atom. The van der Waals surface area contributed by atoms with E-state index in [1.54, 1.807) is 30.2 Å². The van der Waals surface area contributed by atoms with Crippen LogP contribution in [0.2, 0.25) is 0 Å². The van der Waals surface area contributed by atoms with Gasteiger partial charge in [-0.2, -0.15) is 0 Å². The first-order valence-electron chi connectivity index (χ1n) is 10.7. The Hall–Kier alpha value is -3.58. The van der Waals surface area contributed by atoms with E-state index in [4.69, 9.17) is 9.15 Å². The minimum absolute atomic E-state index is 0.0937. The molecule has 1 saturated heterocycles. The smallest absolute Gasteiger partial charge is 0.289 e. The summed E-state index contributed by atoms with van der Waals surface area (Å²) in [4.78, 5) is 27.5. The number of furan rings is 1. The number of anilines is 1. The Labute approximate surface area is 187 Å². The highest BCUT2D eigenvalue weighted by Gasteiger charge is 2.29. The van der Waals surface area contributed by atoms with E-state index in [9.17, 15) is 9.59 Å². The number of carbonyl (C=O) groups excluding carboxylic acids is 2. The number of hydrogen-bond donors (Lipinski definition) is 2. The number of hydrogen-bond acceptors (Lipinski definition) is 5. The van der Waals surface area contributed by atoms with Gasteiger partial charge in [-0.15, -0.1) is 0 Å². The predicted molar refractivity (Wildman–Crippen MR) is 122 cm³/mol. The summed E-state index contributed by atoms with van der Waals surface area (Å²) in [5.41, 5.74) is 1.57. The van der Waals surface area contributed by atoms with Gasteiger partial charge in [-0.1, -0.05) is 36.4 Å². The Bertz CT molecular complexity index is 1030. The van der Waals surface area contributed by atoms with Crippen molar-refractivity contribution in [2.75, 3.05) is 25.5 Å². The molecule has 0 spiro atoms. The molecule has 1 unspecified atom stereocenters. The van der Waals surface area contributed by atoms with Gasteiger partial charge in [-0.25, -0.2) is 0 Å². The van der Waals surface area contributed by atoms with Crippen molar-refractivity contribution in [3.8, 4) is 5.75 Å². The minimum atomic E-state index is -0.514. The lowest BCUT2D eigenvalue weighted by Gasteiger charge is -2.34. The molecule has 1 fully saturated rings. The molecule has 166 valence electrons. The summed E-state index contributed by atoms with van der Waals surface area (Å²) >= 11 is 0. The van der Waals surface area contributed by atoms with Crippen molar-refractivity contribution in [1.82, 2.24) is 10.2 Å². The van der Waals surface area contributed by atoms with Gasteiger partial charge in [0.25, 0.3) is 5.91 Å². The van der Waals surface area contributed by atoms with Gasteiger partial charge in [0, 0.05) is 30.9 Å². The van der Waals surface area contributed by atoms with Crippen LogP contribution in [0.25, 0.3) is 0 Å². The summed E-state index contributed by atoms with van der Waals surface area (Å²) in [7, 11) is 1.60. The maximum atomic E-state index is 13.2. The lowest BCUT2D eigenvalue weighted by atomic mass is 10.00. The molecule has 0 bridgehead atoms. The second kappa shape index (κ2) is 10.2. The van der Waals surface area contributed by atoms with Crippen LogP contribution in [-0.2, 0) is 4.79 Å². The third kappa shape index (κ3) is 5.18. The zero-order valence-electron chi connectivity index (χ0n) is 18.0. The van der Waals surface area contributed by atoms with Gasteiger partial charge >= 0.3 is 0 Å². The van der Waals surface area contributed by atoms with Crippen molar-refractivity contribution in [2.24, 2.45) is 0 Å². The fourth-order valence-electron chi connectivity index (χ4n) is 3.93. The molecule has 2 aromatic carbocycles. The topological polar surface area (TPSA) is 83.8 Å². The first-order valence-corrected chi connectivity index (χ1v) is 10.7. The van der Waals surface area contributed by atoms with Crippen molar-refractivity contribution in [2.45, 2.75) is 24.9 Å². The van der Waals surface area contributed by atoms with Crippen LogP contribution >= 0.6 is 0 Å². The van der Waals surface area contributed by atoms with Crippen LogP contribution in [0.4, 0.5) is 5.69 Å². The third-order valence-electron chi connectivity index (χ3n) is 5.65. The van der Waals surface area contributed by atoms with Gasteiger partial charge in [0.15, 0.2) is 5.76 Å². The molecule has 1 atom stereocenters. The van der Waals surface area contributed by atoms with E-state index >= 15 is 0 Å². The molecule has 2 N–H and O–H groups in total. The van der Waals surface area contributed by atoms with Crippen LogP contribution in [0.1, 0.15) is 35.0 Å². The lowest BCUT2D eigenvalue weighted by Crippen LogP contribution is -2.47. The van der Waals surface area contributed by atoms with Crippen molar-refractivity contribution < 1.29 is 18.7 Å². The highest BCUT2D eigenvalue weighted by Crippen LogP contribution is 2.22. The molecule has 2 amide bonds. The van der Waals surface area contributed by atoms with Crippen LogP contribution < -0.4 is 15.4 Å². The van der Waals surface area contributed by atoms with Crippen molar-refractivity contribution >= 4 is 17.5 Å². The summed E-state index contributed by atoms with van der Waals surface area (Å²) in [6.07, 6.45) is 3.01. The maximum absolute atomic E-state index is 13.2. The number of nitrogens with zero attached hydrogens (tertiary/aromatic N) is 1. The average Bonchev–Trinajstić information content (AvgIpc) is 3.38. The van der Waals surface area contributed by atoms with Crippen LogP contribution in [0.5, 0.6) is 5.75 Å². The van der Waals surface area contributed by atoms with Gasteiger partial charge in [0.1, 0.15) is 11.8 Å². The number of piperidine rings is 1. The van der Waals surface area contributed by atoms with E-state index < -0.39 is 6.04 Å². The van der Waals surface area contributed by atoms with Crippen molar-refractivity contribution in [3.05, 3.63) is 84.3 Å². The molecule has 1 aliphatic heterocycles. The first kappa shape index (κ1) is 21.6. The lowest BCUT2D eigenvalue weighted by molar-refractivity contribution is -0.118. The monoisotopic (exact) mass is 433 g/mol. The largest absolute Gasteiger partial charge is 0.497 e. The maximum Gasteiger partial charge on any atom is 0.289 e.